The van der Waals surface area contributed by atoms with Gasteiger partial charge in [0.1, 0.15) is 33.5 Å². The number of nitrogens with zero attached hydrogens (tertiary/aromatic N) is 2. The van der Waals surface area contributed by atoms with Crippen LogP contribution < -0.4 is 9.80 Å². The van der Waals surface area contributed by atoms with Crippen molar-refractivity contribution in [3.05, 3.63) is 266 Å². The van der Waals surface area contributed by atoms with Crippen LogP contribution in [0.25, 0.3) is 132 Å². The Balaban J connectivity index is 0.795. The van der Waals surface area contributed by atoms with Gasteiger partial charge in [0.05, 0.1) is 11.4 Å². The Morgan fingerprint density at radius 2 is 0.628 bits per heavy atom. The fourth-order valence-electron chi connectivity index (χ4n) is 13.3. The Labute approximate surface area is 495 Å². The molecule has 0 aliphatic heterocycles. The van der Waals surface area contributed by atoms with Gasteiger partial charge in [0.15, 0.2) is 11.2 Å². The van der Waals surface area contributed by atoms with E-state index in [1.807, 2.05) is 12.1 Å². The maximum Gasteiger partial charge on any atom is 0.160 e. The Morgan fingerprint density at radius 1 is 0.256 bits per heavy atom. The zero-order valence-electron chi connectivity index (χ0n) is 47.9. The highest BCUT2D eigenvalue weighted by atomic mass is 16.3. The van der Waals surface area contributed by atoms with Crippen LogP contribution in [-0.2, 0) is 0 Å². The molecule has 17 rings (SSSR count). The Hall–Kier alpha value is -10.8. The topological polar surface area (TPSA) is 59.0 Å². The van der Waals surface area contributed by atoms with Crippen LogP contribution in [0.1, 0.15) is 50.7 Å². The van der Waals surface area contributed by atoms with Gasteiger partial charge in [-0.3, -0.25) is 0 Å². The molecule has 6 nitrogen and oxygen atoms in total. The molecule has 0 fully saturated rings. The van der Waals surface area contributed by atoms with Crippen LogP contribution >= 0.6 is 0 Å². The maximum absolute atomic E-state index is 6.90. The van der Waals surface area contributed by atoms with Crippen molar-refractivity contribution in [2.45, 2.75) is 39.5 Å². The normalized spacial score (nSPS) is 12.2. The number of fused-ring (bicyclic) bond motifs is 14. The van der Waals surface area contributed by atoms with Crippen molar-refractivity contribution < 1.29 is 17.7 Å². The van der Waals surface area contributed by atoms with E-state index in [0.29, 0.717) is 11.8 Å². The zero-order chi connectivity index (χ0) is 57.3. The van der Waals surface area contributed by atoms with Crippen LogP contribution in [0, 0.1) is 0 Å². The summed E-state index contributed by atoms with van der Waals surface area (Å²) in [5, 5.41) is 12.7. The molecule has 4 aromatic heterocycles. The maximum atomic E-state index is 6.90. The summed E-state index contributed by atoms with van der Waals surface area (Å²) in [6, 6.07) is 91.5. The average Bonchev–Trinajstić information content (AvgIpc) is 1.76. The van der Waals surface area contributed by atoms with Crippen LogP contribution in [-0.4, -0.2) is 0 Å². The monoisotopic (exact) mass is 1110 g/mol. The van der Waals surface area contributed by atoms with E-state index in [4.69, 9.17) is 17.7 Å². The molecule has 0 spiro atoms. The molecular weight excluding hydrogens is 1050 g/mol. The summed E-state index contributed by atoms with van der Waals surface area (Å²) >= 11 is 0. The van der Waals surface area contributed by atoms with Gasteiger partial charge < -0.3 is 27.5 Å². The Morgan fingerprint density at radius 3 is 1.05 bits per heavy atom. The third-order valence-electron chi connectivity index (χ3n) is 17.8. The van der Waals surface area contributed by atoms with E-state index in [9.17, 15) is 0 Å². The lowest BCUT2D eigenvalue weighted by Gasteiger charge is -2.28. The molecule has 13 aromatic carbocycles. The fraction of sp³-hybridized carbons (Fsp3) is 0.0750. The van der Waals surface area contributed by atoms with E-state index in [1.165, 1.54) is 11.1 Å². The molecule has 0 bridgehead atoms. The summed E-state index contributed by atoms with van der Waals surface area (Å²) in [5.41, 5.74) is 19.6. The minimum Gasteiger partial charge on any atom is -0.456 e. The second-order valence-electron chi connectivity index (χ2n) is 23.6. The molecule has 17 aromatic rings. The van der Waals surface area contributed by atoms with E-state index in [0.717, 1.165) is 166 Å². The lowest BCUT2D eigenvalue weighted by atomic mass is 9.98. The largest absolute Gasteiger partial charge is 0.456 e. The number of rotatable bonds is 10. The van der Waals surface area contributed by atoms with Crippen molar-refractivity contribution in [1.82, 2.24) is 0 Å². The van der Waals surface area contributed by atoms with Crippen molar-refractivity contribution in [1.29, 1.82) is 0 Å². The van der Waals surface area contributed by atoms with E-state index in [1.54, 1.807) is 0 Å². The number of anilines is 6. The number of hydrogen-bond acceptors (Lipinski definition) is 6. The number of hydrogen-bond donors (Lipinski definition) is 0. The molecule has 0 radical (unpaired) electrons. The van der Waals surface area contributed by atoms with Crippen LogP contribution in [0.5, 0.6) is 0 Å². The van der Waals surface area contributed by atoms with Crippen molar-refractivity contribution in [2.75, 3.05) is 9.80 Å². The number of furan rings is 4. The molecule has 0 aliphatic rings. The number of benzene rings is 13. The van der Waals surface area contributed by atoms with E-state index < -0.39 is 0 Å². The molecule has 86 heavy (non-hydrogen) atoms. The molecule has 0 aliphatic carbocycles. The standard InChI is InChI=1S/C80H56N2O4/c1-47(2)49-23-29-57(30-24-49)81(77-61(51-15-7-5-8-16-51)35-37-65-63-19-11-13-21-71(63)85-79(65)77)59-33-27-53-41-67-69-45-76-70(46-75(69)83-73(67)43-55(53)39-59)68-42-54-28-34-60(40-56(54)44-74(68)84-76)82(58-31-25-50(26-32-58)48(3)4)78-62(52-17-9-6-10-18-52)36-38-66-64-20-12-14-22-72(64)86-80(66)78/h5-48H,1-4H3. The van der Waals surface area contributed by atoms with Crippen LogP contribution in [0.4, 0.5) is 34.1 Å². The van der Waals surface area contributed by atoms with Crippen molar-refractivity contribution in [2.24, 2.45) is 0 Å². The first-order valence-corrected chi connectivity index (χ1v) is 29.7. The summed E-state index contributed by atoms with van der Waals surface area (Å²) in [5.74, 6) is 0.783. The minimum atomic E-state index is 0.392. The van der Waals surface area contributed by atoms with Gasteiger partial charge >= 0.3 is 0 Å². The fourth-order valence-corrected chi connectivity index (χ4v) is 13.3. The molecule has 0 amide bonds. The van der Waals surface area contributed by atoms with Gasteiger partial charge in [0, 0.05) is 77.0 Å². The van der Waals surface area contributed by atoms with E-state index in [-0.39, 0.29) is 0 Å². The second kappa shape index (κ2) is 19.4. The lowest BCUT2D eigenvalue weighted by molar-refractivity contribution is 0.664. The van der Waals surface area contributed by atoms with Crippen molar-refractivity contribution >= 4 is 143 Å². The second-order valence-corrected chi connectivity index (χ2v) is 23.6. The number of para-hydroxylation sites is 2. The van der Waals surface area contributed by atoms with Gasteiger partial charge in [-0.15, -0.1) is 0 Å². The summed E-state index contributed by atoms with van der Waals surface area (Å²) in [6.07, 6.45) is 0. The molecule has 6 heteroatoms. The molecular formula is C80H56N2O4. The molecule has 0 saturated heterocycles. The van der Waals surface area contributed by atoms with E-state index >= 15 is 0 Å². The molecule has 0 unspecified atom stereocenters. The minimum absolute atomic E-state index is 0.392. The summed E-state index contributed by atoms with van der Waals surface area (Å²) in [6.45, 7) is 8.96. The van der Waals surface area contributed by atoms with Gasteiger partial charge in [-0.2, -0.15) is 0 Å². The highest BCUT2D eigenvalue weighted by Crippen LogP contribution is 2.51. The Bertz CT molecular complexity index is 5190. The third-order valence-corrected chi connectivity index (χ3v) is 17.8. The predicted molar refractivity (Wildman–Crippen MR) is 359 cm³/mol. The smallest absolute Gasteiger partial charge is 0.160 e. The first kappa shape index (κ1) is 49.8. The SMILES string of the molecule is CC(C)c1ccc(N(c2ccc3cc4c(cc3c2)oc2cc3c(cc24)oc2cc4cc(N(c5ccc(C(C)C)cc5)c5c(-c6ccccc6)ccc6c5oc5ccccc56)ccc4cc23)c2c(-c3ccccc3)ccc3c2oc2ccccc23)cc1. The quantitative estimate of drug-likeness (QED) is 0.136. The highest BCUT2D eigenvalue weighted by molar-refractivity contribution is 6.20. The lowest BCUT2D eigenvalue weighted by Crippen LogP contribution is -2.12. The van der Waals surface area contributed by atoms with Crippen molar-refractivity contribution in [3.63, 3.8) is 0 Å². The summed E-state index contributed by atoms with van der Waals surface area (Å²) < 4.78 is 27.6. The van der Waals surface area contributed by atoms with Gasteiger partial charge in [-0.25, -0.2) is 0 Å². The Kier molecular flexibility index (Phi) is 11.2. The van der Waals surface area contributed by atoms with Gasteiger partial charge in [0.2, 0.25) is 0 Å². The average molecular weight is 1110 g/mol. The van der Waals surface area contributed by atoms with Crippen LogP contribution in [0.15, 0.2) is 272 Å². The van der Waals surface area contributed by atoms with Crippen LogP contribution in [0.3, 0.4) is 0 Å². The highest BCUT2D eigenvalue weighted by Gasteiger charge is 2.27. The molecule has 4 heterocycles. The van der Waals surface area contributed by atoms with Gasteiger partial charge in [-0.1, -0.05) is 173 Å². The summed E-state index contributed by atoms with van der Waals surface area (Å²) in [7, 11) is 0. The van der Waals surface area contributed by atoms with Crippen molar-refractivity contribution in [3.8, 4) is 22.3 Å². The third kappa shape index (κ3) is 7.94. The first-order valence-electron chi connectivity index (χ1n) is 29.7. The predicted octanol–water partition coefficient (Wildman–Crippen LogP) is 24.1. The van der Waals surface area contributed by atoms with Gasteiger partial charge in [0.25, 0.3) is 0 Å². The molecule has 0 atom stereocenters. The van der Waals surface area contributed by atoms with Gasteiger partial charge in [-0.05, 0) is 165 Å². The first-order chi connectivity index (χ1) is 42.2. The van der Waals surface area contributed by atoms with E-state index in [2.05, 4.69) is 280 Å². The molecule has 410 valence electrons. The summed E-state index contributed by atoms with van der Waals surface area (Å²) in [4.78, 5) is 4.74. The molecule has 0 saturated carbocycles. The zero-order valence-corrected chi connectivity index (χ0v) is 47.9. The van der Waals surface area contributed by atoms with Crippen LogP contribution in [0.2, 0.25) is 0 Å². The molecule has 0 N–H and O–H groups in total.